The first kappa shape index (κ1) is 10.0. The second-order valence-electron chi connectivity index (χ2n) is 3.34. The van der Waals surface area contributed by atoms with E-state index in [0.29, 0.717) is 5.49 Å². The minimum atomic E-state index is 0.610. The van der Waals surface area contributed by atoms with Gasteiger partial charge in [-0.3, -0.25) is 5.41 Å². The van der Waals surface area contributed by atoms with Gasteiger partial charge in [0.25, 0.3) is 0 Å². The summed E-state index contributed by atoms with van der Waals surface area (Å²) in [5.41, 5.74) is 0.610. The highest BCUT2D eigenvalue weighted by Crippen LogP contribution is 1.99. The molecule has 2 heteroatoms. The first-order valence-electron chi connectivity index (χ1n) is 5.04. The van der Waals surface area contributed by atoms with Crippen LogP contribution in [0.15, 0.2) is 24.4 Å². The summed E-state index contributed by atoms with van der Waals surface area (Å²) in [6, 6.07) is 5.72. The van der Waals surface area contributed by atoms with Gasteiger partial charge in [-0.05, 0) is 18.6 Å². The average Bonchev–Trinajstić information content (AvgIpc) is 2.15. The molecule has 0 aromatic carbocycles. The van der Waals surface area contributed by atoms with Crippen LogP contribution in [0.5, 0.6) is 0 Å². The monoisotopic (exact) mass is 178 g/mol. The highest BCUT2D eigenvalue weighted by Gasteiger charge is 1.90. The Morgan fingerprint density at radius 2 is 2.08 bits per heavy atom. The lowest BCUT2D eigenvalue weighted by Crippen LogP contribution is -2.17. The highest BCUT2D eigenvalue weighted by molar-refractivity contribution is 4.91. The first-order valence-corrected chi connectivity index (χ1v) is 5.04. The largest absolute Gasteiger partial charge is 0.334 e. The van der Waals surface area contributed by atoms with E-state index in [0.717, 1.165) is 6.54 Å². The predicted octanol–water partition coefficient (Wildman–Crippen LogP) is 2.55. The lowest BCUT2D eigenvalue weighted by Gasteiger charge is -2.05. The van der Waals surface area contributed by atoms with E-state index in [1.807, 2.05) is 29.0 Å². The number of nitrogens with one attached hydrogen (secondary N) is 1. The Labute approximate surface area is 79.7 Å². The summed E-state index contributed by atoms with van der Waals surface area (Å²) in [6.45, 7) is 3.20. The molecule has 0 aliphatic rings. The molecule has 0 saturated heterocycles. The number of aryl methyl sites for hydroxylation is 1. The van der Waals surface area contributed by atoms with Crippen molar-refractivity contribution in [2.75, 3.05) is 0 Å². The molecule has 0 bridgehead atoms. The zero-order chi connectivity index (χ0) is 9.52. The van der Waals surface area contributed by atoms with Crippen molar-refractivity contribution >= 4 is 0 Å². The van der Waals surface area contributed by atoms with Crippen LogP contribution in [-0.4, -0.2) is 4.57 Å². The molecular formula is C11H18N2. The van der Waals surface area contributed by atoms with E-state index in [4.69, 9.17) is 5.41 Å². The molecule has 0 spiro atoms. The van der Waals surface area contributed by atoms with Crippen molar-refractivity contribution in [3.63, 3.8) is 0 Å². The van der Waals surface area contributed by atoms with Crippen LogP contribution in [0.25, 0.3) is 0 Å². The molecule has 0 fully saturated rings. The number of nitrogens with zero attached hydrogens (tertiary/aromatic N) is 1. The molecular weight excluding hydrogens is 160 g/mol. The van der Waals surface area contributed by atoms with Gasteiger partial charge < -0.3 is 4.57 Å². The van der Waals surface area contributed by atoms with E-state index in [-0.39, 0.29) is 0 Å². The van der Waals surface area contributed by atoms with Crippen molar-refractivity contribution in [2.24, 2.45) is 0 Å². The summed E-state index contributed by atoms with van der Waals surface area (Å²) < 4.78 is 2.00. The molecule has 1 rings (SSSR count). The van der Waals surface area contributed by atoms with Crippen molar-refractivity contribution in [1.29, 1.82) is 5.41 Å². The first-order chi connectivity index (χ1) is 6.34. The highest BCUT2D eigenvalue weighted by atomic mass is 15.0. The fourth-order valence-electron chi connectivity index (χ4n) is 1.38. The standard InChI is InChI=1S/C11H18N2/c1-2-3-4-6-9-13-10-7-5-8-11(13)12/h5,7-8,10,12H,2-4,6,9H2,1H3. The fourth-order valence-corrected chi connectivity index (χ4v) is 1.38. The third kappa shape index (κ3) is 3.45. The molecule has 13 heavy (non-hydrogen) atoms. The lowest BCUT2D eigenvalue weighted by atomic mass is 10.2. The third-order valence-electron chi connectivity index (χ3n) is 2.19. The van der Waals surface area contributed by atoms with Gasteiger partial charge in [0.1, 0.15) is 5.49 Å². The lowest BCUT2D eigenvalue weighted by molar-refractivity contribution is 0.563. The minimum absolute atomic E-state index is 0.610. The van der Waals surface area contributed by atoms with E-state index in [2.05, 4.69) is 6.92 Å². The third-order valence-corrected chi connectivity index (χ3v) is 2.19. The van der Waals surface area contributed by atoms with E-state index in [9.17, 15) is 0 Å². The van der Waals surface area contributed by atoms with Crippen LogP contribution in [0, 0.1) is 5.41 Å². The Morgan fingerprint density at radius 1 is 1.23 bits per heavy atom. The summed E-state index contributed by atoms with van der Waals surface area (Å²) in [6.07, 6.45) is 7.02. The Kier molecular flexibility index (Phi) is 4.30. The normalized spacial score (nSPS) is 10.2. The maximum Gasteiger partial charge on any atom is 0.124 e. The SMILES string of the molecule is CCCCCCn1ccccc1=N. The second kappa shape index (κ2) is 5.57. The molecule has 0 aliphatic heterocycles. The fraction of sp³-hybridized carbons (Fsp3) is 0.545. The number of aromatic nitrogens is 1. The Morgan fingerprint density at radius 3 is 2.77 bits per heavy atom. The van der Waals surface area contributed by atoms with Gasteiger partial charge in [0, 0.05) is 12.7 Å². The quantitative estimate of drug-likeness (QED) is 0.671. The van der Waals surface area contributed by atoms with Crippen molar-refractivity contribution in [1.82, 2.24) is 4.57 Å². The van der Waals surface area contributed by atoms with Gasteiger partial charge >= 0.3 is 0 Å². The van der Waals surface area contributed by atoms with Crippen molar-refractivity contribution < 1.29 is 0 Å². The zero-order valence-corrected chi connectivity index (χ0v) is 8.29. The number of hydrogen-bond acceptors (Lipinski definition) is 1. The van der Waals surface area contributed by atoms with Gasteiger partial charge in [0.05, 0.1) is 0 Å². The van der Waals surface area contributed by atoms with Crippen LogP contribution < -0.4 is 5.49 Å². The molecule has 0 atom stereocenters. The van der Waals surface area contributed by atoms with Gasteiger partial charge in [0.2, 0.25) is 0 Å². The van der Waals surface area contributed by atoms with Crippen LogP contribution in [0.3, 0.4) is 0 Å². The van der Waals surface area contributed by atoms with Crippen molar-refractivity contribution in [3.05, 3.63) is 29.9 Å². The molecule has 1 aromatic heterocycles. The molecule has 1 aromatic rings. The average molecular weight is 178 g/mol. The van der Waals surface area contributed by atoms with Gasteiger partial charge in [-0.1, -0.05) is 32.3 Å². The topological polar surface area (TPSA) is 28.8 Å². The summed E-state index contributed by atoms with van der Waals surface area (Å²) in [7, 11) is 0. The van der Waals surface area contributed by atoms with E-state index in [1.165, 1.54) is 25.7 Å². The molecule has 0 unspecified atom stereocenters. The molecule has 0 aliphatic carbocycles. The molecule has 72 valence electrons. The minimum Gasteiger partial charge on any atom is -0.334 e. The molecule has 2 nitrogen and oxygen atoms in total. The molecule has 0 radical (unpaired) electrons. The van der Waals surface area contributed by atoms with Gasteiger partial charge in [0.15, 0.2) is 0 Å². The number of pyridine rings is 1. The Bertz CT molecular complexity index is 288. The van der Waals surface area contributed by atoms with Crippen LogP contribution in [-0.2, 0) is 6.54 Å². The van der Waals surface area contributed by atoms with Crippen LogP contribution in [0.2, 0.25) is 0 Å². The molecule has 1 heterocycles. The summed E-state index contributed by atoms with van der Waals surface area (Å²) in [4.78, 5) is 0. The number of hydrogen-bond donors (Lipinski definition) is 1. The van der Waals surface area contributed by atoms with Crippen LogP contribution in [0.4, 0.5) is 0 Å². The zero-order valence-electron chi connectivity index (χ0n) is 8.29. The summed E-state index contributed by atoms with van der Waals surface area (Å²) >= 11 is 0. The maximum atomic E-state index is 7.61. The van der Waals surface area contributed by atoms with Crippen molar-refractivity contribution in [3.8, 4) is 0 Å². The van der Waals surface area contributed by atoms with E-state index >= 15 is 0 Å². The van der Waals surface area contributed by atoms with Gasteiger partial charge in [-0.25, -0.2) is 0 Å². The number of unbranched alkanes of at least 4 members (excludes halogenated alkanes) is 3. The summed E-state index contributed by atoms with van der Waals surface area (Å²) in [5, 5.41) is 7.61. The molecule has 0 saturated carbocycles. The summed E-state index contributed by atoms with van der Waals surface area (Å²) in [5.74, 6) is 0. The smallest absolute Gasteiger partial charge is 0.124 e. The molecule has 0 amide bonds. The van der Waals surface area contributed by atoms with Crippen molar-refractivity contribution in [2.45, 2.75) is 39.2 Å². The van der Waals surface area contributed by atoms with Crippen LogP contribution >= 0.6 is 0 Å². The maximum absolute atomic E-state index is 7.61. The van der Waals surface area contributed by atoms with E-state index < -0.39 is 0 Å². The predicted molar refractivity (Wildman–Crippen MR) is 54.4 cm³/mol. The Balaban J connectivity index is 2.37. The second-order valence-corrected chi connectivity index (χ2v) is 3.34. The van der Waals surface area contributed by atoms with Gasteiger partial charge in [-0.15, -0.1) is 0 Å². The molecule has 1 N–H and O–H groups in total. The Hall–Kier alpha value is -1.05. The van der Waals surface area contributed by atoms with E-state index in [1.54, 1.807) is 0 Å². The van der Waals surface area contributed by atoms with Crippen LogP contribution in [0.1, 0.15) is 32.6 Å². The number of rotatable bonds is 5. The van der Waals surface area contributed by atoms with Gasteiger partial charge in [-0.2, -0.15) is 0 Å².